The number of rotatable bonds is 9. The number of hydrazone groups is 1. The van der Waals surface area contributed by atoms with Gasteiger partial charge in [0.15, 0.2) is 0 Å². The number of thioether (sulfide) groups is 1. The van der Waals surface area contributed by atoms with Crippen molar-refractivity contribution in [3.63, 3.8) is 0 Å². The van der Waals surface area contributed by atoms with Gasteiger partial charge in [-0.3, -0.25) is 4.79 Å². The van der Waals surface area contributed by atoms with Crippen molar-refractivity contribution in [1.29, 1.82) is 0 Å². The second kappa shape index (κ2) is 10.4. The molecule has 0 unspecified atom stereocenters. The number of amides is 1. The van der Waals surface area contributed by atoms with Crippen LogP contribution in [0.1, 0.15) is 24.5 Å². The van der Waals surface area contributed by atoms with E-state index in [1.807, 2.05) is 37.3 Å². The molecule has 4 N–H and O–H groups in total. The first-order chi connectivity index (χ1) is 14.6. The van der Waals surface area contributed by atoms with Gasteiger partial charge in [0, 0.05) is 6.54 Å². The van der Waals surface area contributed by atoms with Crippen molar-refractivity contribution >= 4 is 29.3 Å². The second-order valence-corrected chi connectivity index (χ2v) is 7.20. The highest BCUT2D eigenvalue weighted by molar-refractivity contribution is 7.99. The van der Waals surface area contributed by atoms with E-state index in [9.17, 15) is 9.18 Å². The molecule has 1 aromatic heterocycles. The van der Waals surface area contributed by atoms with Crippen LogP contribution in [0.3, 0.4) is 0 Å². The molecule has 156 valence electrons. The van der Waals surface area contributed by atoms with Crippen LogP contribution in [0.25, 0.3) is 0 Å². The number of hydrogen-bond donors (Lipinski definition) is 3. The van der Waals surface area contributed by atoms with Crippen molar-refractivity contribution in [2.45, 2.75) is 25.0 Å². The van der Waals surface area contributed by atoms with E-state index in [4.69, 9.17) is 5.84 Å². The van der Waals surface area contributed by atoms with E-state index in [1.54, 1.807) is 12.1 Å². The molecule has 1 amide bonds. The molecule has 0 aliphatic heterocycles. The molecule has 0 fully saturated rings. The summed E-state index contributed by atoms with van der Waals surface area (Å²) in [6.07, 6.45) is 0.728. The summed E-state index contributed by atoms with van der Waals surface area (Å²) >= 11 is 1.15. The van der Waals surface area contributed by atoms with E-state index in [0.29, 0.717) is 11.7 Å². The third-order valence-corrected chi connectivity index (χ3v) is 5.08. The topological polar surface area (TPSA) is 110 Å². The minimum atomic E-state index is -0.313. The SMILES string of the molecule is CC/C(=N\Nc1nnc(SCC(=O)NCc2ccc(F)cc2)n1N)c1ccccc1. The van der Waals surface area contributed by atoms with Gasteiger partial charge in [0.05, 0.1) is 11.5 Å². The Hall–Kier alpha value is -3.40. The number of nitrogens with one attached hydrogen (secondary N) is 2. The standard InChI is InChI=1S/C20H22FN7OS/c1-2-17(15-6-4-3-5-7-15)24-25-19-26-27-20(28(19)22)30-13-18(29)23-12-14-8-10-16(21)11-9-14/h3-11H,2,12-13,22H2,1H3,(H,23,29)(H,25,26)/b24-17+. The van der Waals surface area contributed by atoms with Gasteiger partial charge in [-0.25, -0.2) is 14.5 Å². The summed E-state index contributed by atoms with van der Waals surface area (Å²) < 4.78 is 14.2. The van der Waals surface area contributed by atoms with Gasteiger partial charge in [-0.2, -0.15) is 5.10 Å². The lowest BCUT2D eigenvalue weighted by Crippen LogP contribution is -2.25. The van der Waals surface area contributed by atoms with Crippen molar-refractivity contribution in [2.24, 2.45) is 5.10 Å². The molecule has 0 saturated heterocycles. The zero-order chi connectivity index (χ0) is 21.3. The lowest BCUT2D eigenvalue weighted by molar-refractivity contribution is -0.118. The number of hydrogen-bond acceptors (Lipinski definition) is 7. The summed E-state index contributed by atoms with van der Waals surface area (Å²) in [5.74, 6) is 5.88. The van der Waals surface area contributed by atoms with Crippen LogP contribution >= 0.6 is 11.8 Å². The zero-order valence-corrected chi connectivity index (χ0v) is 17.2. The van der Waals surface area contributed by atoms with Crippen molar-refractivity contribution in [3.8, 4) is 0 Å². The summed E-state index contributed by atoms with van der Waals surface area (Å²) in [7, 11) is 0. The Kier molecular flexibility index (Phi) is 7.39. The molecular formula is C20H22FN7OS. The molecular weight excluding hydrogens is 405 g/mol. The Morgan fingerprint density at radius 1 is 1.17 bits per heavy atom. The highest BCUT2D eigenvalue weighted by Crippen LogP contribution is 2.16. The van der Waals surface area contributed by atoms with Crippen LogP contribution in [-0.2, 0) is 11.3 Å². The number of carbonyl (C=O) groups is 1. The number of halogens is 1. The monoisotopic (exact) mass is 427 g/mol. The Balaban J connectivity index is 1.52. The lowest BCUT2D eigenvalue weighted by atomic mass is 10.1. The zero-order valence-electron chi connectivity index (χ0n) is 16.4. The summed E-state index contributed by atoms with van der Waals surface area (Å²) in [6, 6.07) is 15.7. The molecule has 8 nitrogen and oxygen atoms in total. The van der Waals surface area contributed by atoms with Gasteiger partial charge in [0.25, 0.3) is 5.95 Å². The maximum absolute atomic E-state index is 12.9. The van der Waals surface area contributed by atoms with E-state index < -0.39 is 0 Å². The molecule has 0 spiro atoms. The van der Waals surface area contributed by atoms with E-state index in [2.05, 4.69) is 26.0 Å². The smallest absolute Gasteiger partial charge is 0.264 e. The summed E-state index contributed by atoms with van der Waals surface area (Å²) in [4.78, 5) is 12.0. The Labute approximate surface area is 177 Å². The van der Waals surface area contributed by atoms with Crippen LogP contribution in [0, 0.1) is 5.82 Å². The van der Waals surface area contributed by atoms with Crippen LogP contribution in [-0.4, -0.2) is 32.2 Å². The highest BCUT2D eigenvalue weighted by Gasteiger charge is 2.12. The average Bonchev–Trinajstić information content (AvgIpc) is 3.12. The van der Waals surface area contributed by atoms with Crippen LogP contribution in [0.2, 0.25) is 0 Å². The van der Waals surface area contributed by atoms with Gasteiger partial charge in [-0.1, -0.05) is 61.2 Å². The maximum atomic E-state index is 12.9. The molecule has 0 atom stereocenters. The third-order valence-electron chi connectivity index (χ3n) is 4.13. The number of nitrogens with zero attached hydrogens (tertiary/aromatic N) is 4. The second-order valence-electron chi connectivity index (χ2n) is 6.26. The average molecular weight is 428 g/mol. The molecule has 0 radical (unpaired) electrons. The van der Waals surface area contributed by atoms with Crippen LogP contribution < -0.4 is 16.6 Å². The molecule has 0 saturated carbocycles. The van der Waals surface area contributed by atoms with Crippen molar-refractivity contribution in [3.05, 3.63) is 71.5 Å². The van der Waals surface area contributed by atoms with Crippen LogP contribution in [0.5, 0.6) is 0 Å². The summed E-state index contributed by atoms with van der Waals surface area (Å²) in [6.45, 7) is 2.32. The number of carbonyl (C=O) groups excluding carboxylic acids is 1. The Morgan fingerprint density at radius 3 is 2.60 bits per heavy atom. The molecule has 2 aromatic carbocycles. The predicted octanol–water partition coefficient (Wildman–Crippen LogP) is 2.77. The van der Waals surface area contributed by atoms with Gasteiger partial charge in [-0.15, -0.1) is 10.2 Å². The van der Waals surface area contributed by atoms with Crippen molar-refractivity contribution in [2.75, 3.05) is 17.0 Å². The van der Waals surface area contributed by atoms with Crippen molar-refractivity contribution in [1.82, 2.24) is 20.2 Å². The molecule has 0 bridgehead atoms. The third kappa shape index (κ3) is 5.80. The van der Waals surface area contributed by atoms with Gasteiger partial charge in [0.1, 0.15) is 5.82 Å². The largest absolute Gasteiger partial charge is 0.351 e. The lowest BCUT2D eigenvalue weighted by Gasteiger charge is -2.06. The molecule has 0 aliphatic carbocycles. The van der Waals surface area contributed by atoms with E-state index in [0.717, 1.165) is 35.0 Å². The fourth-order valence-corrected chi connectivity index (χ4v) is 3.22. The first-order valence-electron chi connectivity index (χ1n) is 9.29. The number of benzene rings is 2. The van der Waals surface area contributed by atoms with E-state index in [1.165, 1.54) is 16.8 Å². The highest BCUT2D eigenvalue weighted by atomic mass is 32.2. The van der Waals surface area contributed by atoms with Gasteiger partial charge in [0.2, 0.25) is 11.1 Å². The minimum Gasteiger partial charge on any atom is -0.351 e. The minimum absolute atomic E-state index is 0.115. The number of anilines is 1. The Bertz CT molecular complexity index is 1010. The normalized spacial score (nSPS) is 11.3. The van der Waals surface area contributed by atoms with Crippen molar-refractivity contribution < 1.29 is 9.18 Å². The van der Waals surface area contributed by atoms with E-state index >= 15 is 0 Å². The quantitative estimate of drug-likeness (QED) is 0.210. The molecule has 0 aliphatic rings. The molecule has 1 heterocycles. The maximum Gasteiger partial charge on any atom is 0.264 e. The van der Waals surface area contributed by atoms with Gasteiger partial charge in [-0.05, 0) is 29.7 Å². The molecule has 30 heavy (non-hydrogen) atoms. The fraction of sp³-hybridized carbons (Fsp3) is 0.200. The fourth-order valence-electron chi connectivity index (χ4n) is 2.53. The molecule has 10 heteroatoms. The molecule has 3 aromatic rings. The first kappa shape index (κ1) is 21.3. The van der Waals surface area contributed by atoms with Crippen LogP contribution in [0.15, 0.2) is 64.9 Å². The van der Waals surface area contributed by atoms with Crippen LogP contribution in [0.4, 0.5) is 10.3 Å². The predicted molar refractivity (Wildman–Crippen MR) is 116 cm³/mol. The van der Waals surface area contributed by atoms with E-state index in [-0.39, 0.29) is 23.4 Å². The Morgan fingerprint density at radius 2 is 1.90 bits per heavy atom. The summed E-state index contributed by atoms with van der Waals surface area (Å²) in [5.41, 5.74) is 5.50. The first-order valence-corrected chi connectivity index (χ1v) is 10.3. The van der Waals surface area contributed by atoms with Gasteiger partial charge >= 0.3 is 0 Å². The number of aromatic nitrogens is 3. The number of nitrogen functional groups attached to an aromatic ring is 1. The molecule has 3 rings (SSSR count). The van der Waals surface area contributed by atoms with Gasteiger partial charge < -0.3 is 11.2 Å². The number of nitrogens with two attached hydrogens (primary N) is 1. The summed E-state index contributed by atoms with van der Waals surface area (Å²) in [5, 5.41) is 15.5.